The number of carbonyl (C=O) groups is 3. The van der Waals surface area contributed by atoms with Gasteiger partial charge in [-0.15, -0.1) is 0 Å². The van der Waals surface area contributed by atoms with Crippen LogP contribution in [-0.2, 0) is 4.74 Å². The van der Waals surface area contributed by atoms with Crippen molar-refractivity contribution in [1.82, 2.24) is 4.90 Å². The van der Waals surface area contributed by atoms with Crippen LogP contribution in [0.25, 0.3) is 0 Å². The SMILES string of the molecule is Cc1ccc(N(C)C(=O)c2ccc3c(c2)C(=O)N(CC2CCCO2)C3=O)cc1. The van der Waals surface area contributed by atoms with Crippen molar-refractivity contribution in [3.63, 3.8) is 0 Å². The molecule has 6 heteroatoms. The Morgan fingerprint density at radius 1 is 1.11 bits per heavy atom. The highest BCUT2D eigenvalue weighted by Crippen LogP contribution is 2.27. The number of aryl methyl sites for hydroxylation is 1. The molecule has 0 bridgehead atoms. The monoisotopic (exact) mass is 378 g/mol. The minimum absolute atomic E-state index is 0.101. The van der Waals surface area contributed by atoms with Gasteiger partial charge in [0.25, 0.3) is 17.7 Å². The van der Waals surface area contributed by atoms with E-state index in [4.69, 9.17) is 4.74 Å². The van der Waals surface area contributed by atoms with Gasteiger partial charge in [0.15, 0.2) is 0 Å². The first-order valence-corrected chi connectivity index (χ1v) is 9.42. The molecule has 0 N–H and O–H groups in total. The second-order valence-electron chi connectivity index (χ2n) is 7.32. The molecule has 0 saturated carbocycles. The summed E-state index contributed by atoms with van der Waals surface area (Å²) in [5.74, 6) is -0.908. The number of hydrogen-bond acceptors (Lipinski definition) is 4. The number of nitrogens with zero attached hydrogens (tertiary/aromatic N) is 2. The molecular formula is C22H22N2O4. The van der Waals surface area contributed by atoms with Gasteiger partial charge in [0, 0.05) is 24.9 Å². The number of ether oxygens (including phenoxy) is 1. The van der Waals surface area contributed by atoms with Crippen LogP contribution in [0.2, 0.25) is 0 Å². The minimum Gasteiger partial charge on any atom is -0.376 e. The molecule has 144 valence electrons. The second kappa shape index (κ2) is 7.20. The molecular weight excluding hydrogens is 356 g/mol. The molecule has 2 aromatic carbocycles. The van der Waals surface area contributed by atoms with Crippen molar-refractivity contribution >= 4 is 23.4 Å². The first-order valence-electron chi connectivity index (χ1n) is 9.42. The molecule has 28 heavy (non-hydrogen) atoms. The minimum atomic E-state index is -0.358. The zero-order chi connectivity index (χ0) is 19.8. The molecule has 3 amide bonds. The van der Waals surface area contributed by atoms with Crippen LogP contribution in [0, 0.1) is 6.92 Å². The highest BCUT2D eigenvalue weighted by molar-refractivity contribution is 6.22. The number of benzene rings is 2. The summed E-state index contributed by atoms with van der Waals surface area (Å²) in [5.41, 5.74) is 2.88. The summed E-state index contributed by atoms with van der Waals surface area (Å²) in [6.07, 6.45) is 1.69. The maximum atomic E-state index is 12.9. The molecule has 1 fully saturated rings. The van der Waals surface area contributed by atoms with Crippen molar-refractivity contribution in [2.75, 3.05) is 25.1 Å². The molecule has 2 aliphatic rings. The lowest BCUT2D eigenvalue weighted by Crippen LogP contribution is -2.36. The van der Waals surface area contributed by atoms with Gasteiger partial charge in [-0.25, -0.2) is 0 Å². The third-order valence-electron chi connectivity index (χ3n) is 5.35. The molecule has 0 aliphatic carbocycles. The first kappa shape index (κ1) is 18.4. The van der Waals surface area contributed by atoms with Crippen LogP contribution in [0.1, 0.15) is 49.5 Å². The summed E-state index contributed by atoms with van der Waals surface area (Å²) < 4.78 is 5.55. The number of amides is 3. The third kappa shape index (κ3) is 3.20. The normalized spacial score (nSPS) is 18.5. The lowest BCUT2D eigenvalue weighted by molar-refractivity contribution is 0.0475. The number of anilines is 1. The molecule has 0 spiro atoms. The second-order valence-corrected chi connectivity index (χ2v) is 7.32. The average Bonchev–Trinajstić information content (AvgIpc) is 3.30. The molecule has 0 radical (unpaired) electrons. The highest BCUT2D eigenvalue weighted by Gasteiger charge is 2.38. The molecule has 4 rings (SSSR count). The maximum Gasteiger partial charge on any atom is 0.261 e. The summed E-state index contributed by atoms with van der Waals surface area (Å²) >= 11 is 0. The summed E-state index contributed by atoms with van der Waals surface area (Å²) in [7, 11) is 1.69. The Balaban J connectivity index is 1.57. The smallest absolute Gasteiger partial charge is 0.261 e. The quantitative estimate of drug-likeness (QED) is 0.767. The molecule has 6 nitrogen and oxygen atoms in total. The van der Waals surface area contributed by atoms with E-state index < -0.39 is 0 Å². The van der Waals surface area contributed by atoms with Gasteiger partial charge in [-0.05, 0) is 50.1 Å². The van der Waals surface area contributed by atoms with Crippen molar-refractivity contribution < 1.29 is 19.1 Å². The van der Waals surface area contributed by atoms with Gasteiger partial charge in [-0.2, -0.15) is 0 Å². The summed E-state index contributed by atoms with van der Waals surface area (Å²) in [6, 6.07) is 12.3. The lowest BCUT2D eigenvalue weighted by atomic mass is 10.0. The van der Waals surface area contributed by atoms with Crippen LogP contribution in [0.4, 0.5) is 5.69 Å². The van der Waals surface area contributed by atoms with Gasteiger partial charge in [0.1, 0.15) is 0 Å². The first-order chi connectivity index (χ1) is 13.5. The molecule has 1 unspecified atom stereocenters. The zero-order valence-electron chi connectivity index (χ0n) is 16.0. The van der Waals surface area contributed by atoms with Crippen molar-refractivity contribution in [1.29, 1.82) is 0 Å². The topological polar surface area (TPSA) is 66.9 Å². The van der Waals surface area contributed by atoms with Gasteiger partial charge >= 0.3 is 0 Å². The largest absolute Gasteiger partial charge is 0.376 e. The van der Waals surface area contributed by atoms with Crippen LogP contribution >= 0.6 is 0 Å². The molecule has 1 saturated heterocycles. The van der Waals surface area contributed by atoms with Crippen molar-refractivity contribution in [2.45, 2.75) is 25.9 Å². The van der Waals surface area contributed by atoms with Crippen LogP contribution in [-0.4, -0.2) is 48.9 Å². The van der Waals surface area contributed by atoms with Gasteiger partial charge in [0.2, 0.25) is 0 Å². The molecule has 2 heterocycles. The van der Waals surface area contributed by atoms with E-state index in [9.17, 15) is 14.4 Å². The Labute approximate surface area is 163 Å². The Morgan fingerprint density at radius 3 is 2.50 bits per heavy atom. The lowest BCUT2D eigenvalue weighted by Gasteiger charge is -2.18. The molecule has 2 aromatic rings. The Kier molecular flexibility index (Phi) is 4.73. The van der Waals surface area contributed by atoms with Crippen molar-refractivity contribution in [3.8, 4) is 0 Å². The number of rotatable bonds is 4. The van der Waals surface area contributed by atoms with E-state index in [0.717, 1.165) is 24.1 Å². The highest BCUT2D eigenvalue weighted by atomic mass is 16.5. The maximum absolute atomic E-state index is 12.9. The number of imide groups is 1. The fraction of sp³-hybridized carbons (Fsp3) is 0.318. The van der Waals surface area contributed by atoms with E-state index >= 15 is 0 Å². The van der Waals surface area contributed by atoms with Crippen LogP contribution in [0.15, 0.2) is 42.5 Å². The summed E-state index contributed by atoms with van der Waals surface area (Å²) in [6.45, 7) is 2.91. The van der Waals surface area contributed by atoms with E-state index in [-0.39, 0.29) is 35.9 Å². The van der Waals surface area contributed by atoms with E-state index in [2.05, 4.69) is 0 Å². The Bertz CT molecular complexity index is 946. The number of carbonyl (C=O) groups excluding carboxylic acids is 3. The number of fused-ring (bicyclic) bond motifs is 1. The fourth-order valence-corrected chi connectivity index (χ4v) is 3.66. The van der Waals surface area contributed by atoms with Gasteiger partial charge in [-0.3, -0.25) is 19.3 Å². The van der Waals surface area contributed by atoms with E-state index in [0.29, 0.717) is 17.7 Å². The Hall–Kier alpha value is -2.99. The van der Waals surface area contributed by atoms with Gasteiger partial charge in [-0.1, -0.05) is 17.7 Å². The van der Waals surface area contributed by atoms with Crippen molar-refractivity contribution in [3.05, 3.63) is 64.7 Å². The molecule has 0 aromatic heterocycles. The van der Waals surface area contributed by atoms with Crippen LogP contribution < -0.4 is 4.90 Å². The zero-order valence-corrected chi connectivity index (χ0v) is 16.0. The molecule has 1 atom stereocenters. The predicted octanol–water partition coefficient (Wildman–Crippen LogP) is 3.05. The Morgan fingerprint density at radius 2 is 1.82 bits per heavy atom. The van der Waals surface area contributed by atoms with E-state index in [1.165, 1.54) is 15.9 Å². The standard InChI is InChI=1S/C22H22N2O4/c1-14-5-8-16(9-6-14)23(2)20(25)15-7-10-18-19(12-15)22(27)24(21(18)26)13-17-4-3-11-28-17/h5-10,12,17H,3-4,11,13H2,1-2H3. The van der Waals surface area contributed by atoms with Crippen LogP contribution in [0.5, 0.6) is 0 Å². The molecule has 2 aliphatic heterocycles. The third-order valence-corrected chi connectivity index (χ3v) is 5.35. The fourth-order valence-electron chi connectivity index (χ4n) is 3.66. The van der Waals surface area contributed by atoms with Gasteiger partial charge in [0.05, 0.1) is 23.8 Å². The van der Waals surface area contributed by atoms with E-state index in [1.807, 2.05) is 31.2 Å². The van der Waals surface area contributed by atoms with E-state index in [1.54, 1.807) is 19.2 Å². The predicted molar refractivity (Wildman–Crippen MR) is 105 cm³/mol. The van der Waals surface area contributed by atoms with Crippen LogP contribution in [0.3, 0.4) is 0 Å². The number of hydrogen-bond donors (Lipinski definition) is 0. The summed E-state index contributed by atoms with van der Waals surface area (Å²) in [5, 5.41) is 0. The summed E-state index contributed by atoms with van der Waals surface area (Å²) in [4.78, 5) is 41.0. The van der Waals surface area contributed by atoms with Gasteiger partial charge < -0.3 is 9.64 Å². The van der Waals surface area contributed by atoms with Crippen molar-refractivity contribution in [2.24, 2.45) is 0 Å². The average molecular weight is 378 g/mol.